The van der Waals surface area contributed by atoms with Gasteiger partial charge >= 0.3 is 6.09 Å². The van der Waals surface area contributed by atoms with Crippen LogP contribution in [-0.4, -0.2) is 30.8 Å². The molecule has 5 rings (SSSR count). The third kappa shape index (κ3) is 8.44. The first-order valence-electron chi connectivity index (χ1n) is 15.4. The van der Waals surface area contributed by atoms with E-state index in [-0.39, 0.29) is 53.2 Å². The van der Waals surface area contributed by atoms with E-state index in [0.717, 1.165) is 29.5 Å². The quantitative estimate of drug-likeness (QED) is 0.0931. The molecule has 0 saturated carbocycles. The molecule has 2 heterocycles. The molecule has 3 aromatic carbocycles. The predicted octanol–water partition coefficient (Wildman–Crippen LogP) is 8.59. The zero-order valence-corrected chi connectivity index (χ0v) is 27.1. The van der Waals surface area contributed by atoms with E-state index in [0.29, 0.717) is 46.6 Å². The largest absolute Gasteiger partial charge is 0.618 e. The van der Waals surface area contributed by atoms with Crippen LogP contribution in [0.25, 0.3) is 22.3 Å². The third-order valence-corrected chi connectivity index (χ3v) is 8.06. The minimum Gasteiger partial charge on any atom is -0.618 e. The van der Waals surface area contributed by atoms with Crippen LogP contribution in [0.2, 0.25) is 5.02 Å². The first kappa shape index (κ1) is 33.8. The maximum Gasteiger partial charge on any atom is 0.411 e. The summed E-state index contributed by atoms with van der Waals surface area (Å²) in [4.78, 5) is 25.4. The molecule has 0 spiro atoms. The van der Waals surface area contributed by atoms with Crippen molar-refractivity contribution >= 4 is 35.0 Å². The number of rotatable bonds is 6. The van der Waals surface area contributed by atoms with Gasteiger partial charge in [0, 0.05) is 23.7 Å². The van der Waals surface area contributed by atoms with Crippen LogP contribution in [-0.2, 0) is 14.3 Å². The number of hydrogen-bond donors (Lipinski definition) is 2. The van der Waals surface area contributed by atoms with E-state index >= 15 is 0 Å². The van der Waals surface area contributed by atoms with Crippen molar-refractivity contribution in [2.45, 2.75) is 58.0 Å². The Labute approximate surface area is 277 Å². The van der Waals surface area contributed by atoms with Crippen molar-refractivity contribution < 1.29 is 32.6 Å². The molecule has 2 amide bonds. The van der Waals surface area contributed by atoms with Crippen molar-refractivity contribution in [1.82, 2.24) is 0 Å². The summed E-state index contributed by atoms with van der Waals surface area (Å²) in [6, 6.07) is 18.1. The molecule has 246 valence electrons. The molecule has 47 heavy (non-hydrogen) atoms. The molecule has 1 aliphatic heterocycles. The summed E-state index contributed by atoms with van der Waals surface area (Å²) in [5.41, 5.74) is 3.07. The Balaban J connectivity index is 1.44. The molecule has 0 fully saturated rings. The molecule has 2 N–H and O–H groups in total. The number of nitrogens with one attached hydrogen (secondary N) is 2. The molecule has 0 unspecified atom stereocenters. The predicted molar refractivity (Wildman–Crippen MR) is 177 cm³/mol. The van der Waals surface area contributed by atoms with Gasteiger partial charge in [0.05, 0.1) is 40.0 Å². The lowest BCUT2D eigenvalue weighted by Crippen LogP contribution is -2.33. The van der Waals surface area contributed by atoms with Crippen molar-refractivity contribution in [3.8, 4) is 22.3 Å². The lowest BCUT2D eigenvalue weighted by Gasteiger charge is -2.21. The normalized spacial score (nSPS) is 15.1. The zero-order chi connectivity index (χ0) is 33.7. The highest BCUT2D eigenvalue weighted by Gasteiger charge is 2.26. The van der Waals surface area contributed by atoms with Gasteiger partial charge in [-0.1, -0.05) is 48.4 Å². The number of carbonyl (C=O) groups excluding carboxylic acids is 2. The van der Waals surface area contributed by atoms with E-state index in [1.165, 1.54) is 6.07 Å². The number of anilines is 2. The summed E-state index contributed by atoms with van der Waals surface area (Å²) in [6.45, 7) is 6.07. The van der Waals surface area contributed by atoms with E-state index in [2.05, 4.69) is 10.6 Å². The summed E-state index contributed by atoms with van der Waals surface area (Å²) in [6.07, 6.45) is 2.53. The summed E-state index contributed by atoms with van der Waals surface area (Å²) in [7, 11) is 0. The maximum absolute atomic E-state index is 14.7. The van der Waals surface area contributed by atoms with Gasteiger partial charge in [0.2, 0.25) is 5.91 Å². The van der Waals surface area contributed by atoms with E-state index in [9.17, 15) is 23.6 Å². The minimum atomic E-state index is -0.934. The van der Waals surface area contributed by atoms with Crippen molar-refractivity contribution in [1.29, 1.82) is 0 Å². The highest BCUT2D eigenvalue weighted by atomic mass is 35.5. The fourth-order valence-corrected chi connectivity index (χ4v) is 5.73. The van der Waals surface area contributed by atoms with Gasteiger partial charge in [0.15, 0.2) is 17.7 Å². The molecule has 4 aromatic rings. The van der Waals surface area contributed by atoms with Crippen LogP contribution in [0.3, 0.4) is 0 Å². The number of pyridine rings is 1. The third-order valence-electron chi connectivity index (χ3n) is 7.77. The Kier molecular flexibility index (Phi) is 10.4. The number of aromatic nitrogens is 1. The second-order valence-electron chi connectivity index (χ2n) is 12.3. The van der Waals surface area contributed by atoms with Crippen molar-refractivity contribution in [2.75, 3.05) is 23.8 Å². The maximum atomic E-state index is 14.7. The van der Waals surface area contributed by atoms with Gasteiger partial charge < -0.3 is 20.0 Å². The Bertz CT molecular complexity index is 1790. The average Bonchev–Trinajstić information content (AvgIpc) is 3.01. The highest BCUT2D eigenvalue weighted by Crippen LogP contribution is 2.37. The van der Waals surface area contributed by atoms with Crippen LogP contribution < -0.4 is 15.4 Å². The topological polar surface area (TPSA) is 104 Å². The van der Waals surface area contributed by atoms with Crippen LogP contribution in [0.15, 0.2) is 72.9 Å². The lowest BCUT2D eigenvalue weighted by molar-refractivity contribution is -0.614. The van der Waals surface area contributed by atoms with Gasteiger partial charge in [-0.3, -0.25) is 10.1 Å². The van der Waals surface area contributed by atoms with Gasteiger partial charge in [0.1, 0.15) is 12.4 Å². The number of fused-ring (bicyclic) bond motifs is 4. The fraction of sp³-hybridized carbons (Fsp3) is 0.306. The van der Waals surface area contributed by atoms with Gasteiger partial charge in [-0.15, -0.1) is 0 Å². The van der Waals surface area contributed by atoms with Crippen LogP contribution in [0.4, 0.5) is 25.0 Å². The smallest absolute Gasteiger partial charge is 0.411 e. The summed E-state index contributed by atoms with van der Waals surface area (Å²) in [5.74, 6) is -2.31. The lowest BCUT2D eigenvalue weighted by atomic mass is 9.87. The van der Waals surface area contributed by atoms with E-state index in [1.54, 1.807) is 24.3 Å². The minimum absolute atomic E-state index is 0.0697. The van der Waals surface area contributed by atoms with Crippen LogP contribution in [0.1, 0.15) is 63.6 Å². The SMILES string of the molecule is CC(C)(C)OCCOC(=O)Nc1ccc2c(c1)NC(=O)CCCC[C@H](c1ccc(-c3c(F)ccc(Cl)c3F)c[n+]1[O-])c1cccc-2c1. The molecule has 1 atom stereocenters. The number of hydrogen-bond acceptors (Lipinski definition) is 5. The number of nitrogens with zero attached hydrogens (tertiary/aromatic N) is 1. The number of carbonyl (C=O) groups is 2. The number of halogens is 3. The summed E-state index contributed by atoms with van der Waals surface area (Å²) < 4.78 is 40.7. The van der Waals surface area contributed by atoms with Crippen molar-refractivity contribution in [3.05, 3.63) is 106 Å². The molecule has 1 aliphatic rings. The molecule has 1 aromatic heterocycles. The average molecular weight is 664 g/mol. The molecule has 0 saturated heterocycles. The molecule has 0 radical (unpaired) electrons. The Morgan fingerprint density at radius 3 is 2.62 bits per heavy atom. The monoisotopic (exact) mass is 663 g/mol. The molecule has 11 heteroatoms. The van der Waals surface area contributed by atoms with Crippen LogP contribution >= 0.6 is 11.6 Å². The molecule has 8 nitrogen and oxygen atoms in total. The van der Waals surface area contributed by atoms with Crippen LogP contribution in [0.5, 0.6) is 0 Å². The fourth-order valence-electron chi connectivity index (χ4n) is 5.57. The van der Waals surface area contributed by atoms with Crippen molar-refractivity contribution in [3.63, 3.8) is 0 Å². The number of amides is 2. The Morgan fingerprint density at radius 1 is 1.04 bits per heavy atom. The highest BCUT2D eigenvalue weighted by molar-refractivity contribution is 6.31. The second kappa shape index (κ2) is 14.5. The van der Waals surface area contributed by atoms with Gasteiger partial charge in [-0.25, -0.2) is 13.6 Å². The van der Waals surface area contributed by atoms with Crippen LogP contribution in [0, 0.1) is 16.8 Å². The zero-order valence-electron chi connectivity index (χ0n) is 26.4. The molecule has 2 bridgehead atoms. The van der Waals surface area contributed by atoms with Gasteiger partial charge in [-0.05, 0) is 75.1 Å². The van der Waals surface area contributed by atoms with Gasteiger partial charge in [0.25, 0.3) is 0 Å². The number of benzene rings is 3. The van der Waals surface area contributed by atoms with E-state index in [4.69, 9.17) is 21.1 Å². The molecular weight excluding hydrogens is 628 g/mol. The van der Waals surface area contributed by atoms with Gasteiger partial charge in [-0.2, -0.15) is 4.73 Å². The molecular formula is C36H36ClF2N3O5. The molecule has 0 aliphatic carbocycles. The van der Waals surface area contributed by atoms with E-state index in [1.807, 2.05) is 45.0 Å². The first-order chi connectivity index (χ1) is 22.4. The summed E-state index contributed by atoms with van der Waals surface area (Å²) in [5, 5.41) is 18.9. The van der Waals surface area contributed by atoms with E-state index < -0.39 is 17.7 Å². The van der Waals surface area contributed by atoms with Crippen molar-refractivity contribution in [2.24, 2.45) is 0 Å². The first-order valence-corrected chi connectivity index (χ1v) is 15.8. The second-order valence-corrected chi connectivity index (χ2v) is 12.7. The Hall–Kier alpha value is -4.54. The Morgan fingerprint density at radius 2 is 1.85 bits per heavy atom. The summed E-state index contributed by atoms with van der Waals surface area (Å²) >= 11 is 5.88. The standard InChI is InChI=1S/C36H36ClF2N3O5/c1-36(2,3)47-18-17-46-35(44)40-25-12-13-26-22-7-6-8-23(19-22)27(9-4-5-10-32(43)41-30(26)20-25)31-16-11-24(21-42(31)45)33-29(38)15-14-28(37)34(33)39/h6-8,11-16,19-21,27H,4-5,9-10,17-18H2,1-3H3,(H,40,44)(H,41,43)/t27-/m0/s1. The number of ether oxygens (including phenoxy) is 2.